The molecule has 0 bridgehead atoms. The summed E-state index contributed by atoms with van der Waals surface area (Å²) >= 11 is 0.316. The number of hydrogen-bond donors (Lipinski definition) is 0. The van der Waals surface area contributed by atoms with Crippen LogP contribution in [0.15, 0.2) is 0 Å². The van der Waals surface area contributed by atoms with E-state index in [0.29, 0.717) is 15.2 Å². The first-order chi connectivity index (χ1) is 4.13. The molecule has 0 aliphatic heterocycles. The first-order valence-electron chi connectivity index (χ1n) is 4.13. The quantitative estimate of drug-likeness (QED) is 0.537. The molecule has 10 heavy (non-hydrogen) atoms. The van der Waals surface area contributed by atoms with Gasteiger partial charge in [0.1, 0.15) is 0 Å². The molecule has 0 aliphatic carbocycles. The Hall–Kier alpha value is 1.13. The molecule has 0 aliphatic rings. The SMILES string of the molecule is CC(C)[CH2][AlH][CH2]C(C)C.[LiH]. The molecule has 0 rings (SSSR count). The van der Waals surface area contributed by atoms with Crippen LogP contribution in [0.2, 0.25) is 10.6 Å². The minimum absolute atomic E-state index is 0. The summed E-state index contributed by atoms with van der Waals surface area (Å²) in [6.45, 7) is 9.31. The Morgan fingerprint density at radius 3 is 1.40 bits per heavy atom. The van der Waals surface area contributed by atoms with E-state index in [2.05, 4.69) is 27.7 Å². The minimum atomic E-state index is 0. The maximum atomic E-state index is 2.33. The third-order valence-electron chi connectivity index (χ3n) is 1.56. The average molecular weight is 150 g/mol. The van der Waals surface area contributed by atoms with Crippen LogP contribution in [0.1, 0.15) is 27.7 Å². The molecule has 0 N–H and O–H groups in total. The Labute approximate surface area is 84.0 Å². The van der Waals surface area contributed by atoms with Crippen molar-refractivity contribution in [2.45, 2.75) is 38.3 Å². The van der Waals surface area contributed by atoms with E-state index >= 15 is 0 Å². The van der Waals surface area contributed by atoms with Crippen LogP contribution in [0.25, 0.3) is 0 Å². The molecule has 0 fully saturated rings. The van der Waals surface area contributed by atoms with Crippen LogP contribution in [0.5, 0.6) is 0 Å². The van der Waals surface area contributed by atoms with Gasteiger partial charge in [-0.05, 0) is 0 Å². The third kappa shape index (κ3) is 11.9. The predicted octanol–water partition coefficient (Wildman–Crippen LogP) is 1.92. The van der Waals surface area contributed by atoms with Crippen LogP contribution in [0.4, 0.5) is 0 Å². The average Bonchev–Trinajstić information content (AvgIpc) is 1.63. The van der Waals surface area contributed by atoms with Crippen molar-refractivity contribution in [1.29, 1.82) is 0 Å². The number of hydrogen-bond acceptors (Lipinski definition) is 0. The molecule has 0 unspecified atom stereocenters. The van der Waals surface area contributed by atoms with Gasteiger partial charge in [0.05, 0.1) is 0 Å². The normalized spacial score (nSPS) is 9.80. The molecule has 56 valence electrons. The number of rotatable bonds is 4. The van der Waals surface area contributed by atoms with Crippen molar-refractivity contribution in [2.75, 3.05) is 0 Å². The molecule has 0 heterocycles. The molecule has 0 radical (unpaired) electrons. The Morgan fingerprint density at radius 2 is 1.20 bits per heavy atom. The zero-order chi connectivity index (χ0) is 7.28. The van der Waals surface area contributed by atoms with Crippen LogP contribution in [0, 0.1) is 11.8 Å². The third-order valence-corrected chi connectivity index (χ3v) is 4.69. The summed E-state index contributed by atoms with van der Waals surface area (Å²) in [4.78, 5) is 0. The van der Waals surface area contributed by atoms with Crippen molar-refractivity contribution in [3.8, 4) is 0 Å². The Balaban J connectivity index is 0. The molecule has 0 aromatic heterocycles. The van der Waals surface area contributed by atoms with Gasteiger partial charge in [0.2, 0.25) is 15.2 Å². The second kappa shape index (κ2) is 8.23. The van der Waals surface area contributed by atoms with Crippen LogP contribution in [0.3, 0.4) is 0 Å². The molecule has 0 saturated carbocycles. The molecule has 2 heteroatoms. The summed E-state index contributed by atoms with van der Waals surface area (Å²) in [7, 11) is 0. The fraction of sp³-hybridized carbons (Fsp3) is 1.00. The molecule has 0 aromatic carbocycles. The standard InChI is InChI=1S/2C4H9.Al.Li.2H/c2*1-4(2)3;;;;/h2*4H,1H2,2-3H3;;;;. The Kier molecular flexibility index (Phi) is 11.3. The summed E-state index contributed by atoms with van der Waals surface area (Å²) in [6.07, 6.45) is 0. The molecular formula is C8H20AlLi. The molecule has 0 spiro atoms. The van der Waals surface area contributed by atoms with E-state index in [9.17, 15) is 0 Å². The Morgan fingerprint density at radius 1 is 0.900 bits per heavy atom. The summed E-state index contributed by atoms with van der Waals surface area (Å²) < 4.78 is 0. The van der Waals surface area contributed by atoms with Crippen molar-refractivity contribution in [3.05, 3.63) is 0 Å². The zero-order valence-electron chi connectivity index (χ0n) is 7.28. The zero-order valence-corrected chi connectivity index (χ0v) is 8.69. The molecule has 0 atom stereocenters. The van der Waals surface area contributed by atoms with Gasteiger partial charge in [-0.3, -0.25) is 0 Å². The second-order valence-electron chi connectivity index (χ2n) is 3.72. The van der Waals surface area contributed by atoms with Crippen molar-refractivity contribution in [1.82, 2.24) is 0 Å². The van der Waals surface area contributed by atoms with E-state index in [1.807, 2.05) is 0 Å². The van der Waals surface area contributed by atoms with Crippen LogP contribution in [-0.4, -0.2) is 34.1 Å². The summed E-state index contributed by atoms with van der Waals surface area (Å²) in [6, 6.07) is 0. The van der Waals surface area contributed by atoms with Crippen molar-refractivity contribution in [3.63, 3.8) is 0 Å². The topological polar surface area (TPSA) is 0 Å². The van der Waals surface area contributed by atoms with Gasteiger partial charge in [0.15, 0.2) is 0 Å². The summed E-state index contributed by atoms with van der Waals surface area (Å²) in [5.74, 6) is 1.91. The van der Waals surface area contributed by atoms with Crippen molar-refractivity contribution < 1.29 is 0 Å². The van der Waals surface area contributed by atoms with Crippen LogP contribution >= 0.6 is 0 Å². The fourth-order valence-electron chi connectivity index (χ4n) is 0.934. The Bertz CT molecular complexity index is 54.3. The fourth-order valence-corrected chi connectivity index (χ4v) is 2.80. The van der Waals surface area contributed by atoms with E-state index < -0.39 is 0 Å². The van der Waals surface area contributed by atoms with Gasteiger partial charge in [-0.1, -0.05) is 50.1 Å². The van der Waals surface area contributed by atoms with Gasteiger partial charge in [-0.2, -0.15) is 0 Å². The monoisotopic (exact) mass is 150 g/mol. The predicted molar refractivity (Wildman–Crippen MR) is 53.6 cm³/mol. The second-order valence-corrected chi connectivity index (χ2v) is 5.58. The van der Waals surface area contributed by atoms with Gasteiger partial charge in [0, 0.05) is 0 Å². The van der Waals surface area contributed by atoms with E-state index in [1.165, 1.54) is 10.6 Å². The molecular weight excluding hydrogens is 130 g/mol. The van der Waals surface area contributed by atoms with Gasteiger partial charge < -0.3 is 0 Å². The van der Waals surface area contributed by atoms with Gasteiger partial charge in [-0.25, -0.2) is 0 Å². The van der Waals surface area contributed by atoms with E-state index in [4.69, 9.17) is 0 Å². The van der Waals surface area contributed by atoms with E-state index in [1.54, 1.807) is 0 Å². The maximum absolute atomic E-state index is 2.33. The van der Waals surface area contributed by atoms with E-state index in [-0.39, 0.29) is 18.9 Å². The summed E-state index contributed by atoms with van der Waals surface area (Å²) in [5, 5.41) is 3.08. The van der Waals surface area contributed by atoms with Gasteiger partial charge in [0.25, 0.3) is 0 Å². The van der Waals surface area contributed by atoms with Crippen LogP contribution < -0.4 is 0 Å². The molecule has 0 saturated heterocycles. The van der Waals surface area contributed by atoms with Crippen molar-refractivity contribution >= 4 is 34.1 Å². The summed E-state index contributed by atoms with van der Waals surface area (Å²) in [5.41, 5.74) is 0. The van der Waals surface area contributed by atoms with Gasteiger partial charge >= 0.3 is 18.9 Å². The molecule has 0 amide bonds. The first-order valence-corrected chi connectivity index (χ1v) is 6.13. The first kappa shape index (κ1) is 13.7. The van der Waals surface area contributed by atoms with E-state index in [0.717, 1.165) is 11.8 Å². The van der Waals surface area contributed by atoms with Crippen molar-refractivity contribution in [2.24, 2.45) is 11.8 Å². The van der Waals surface area contributed by atoms with Gasteiger partial charge in [-0.15, -0.1) is 0 Å². The molecule has 0 nitrogen and oxygen atoms in total. The van der Waals surface area contributed by atoms with Crippen LogP contribution in [-0.2, 0) is 0 Å². The molecule has 0 aromatic rings.